The van der Waals surface area contributed by atoms with Gasteiger partial charge in [-0.25, -0.2) is 4.63 Å². The molecule has 3 saturated heterocycles. The van der Waals surface area contributed by atoms with Crippen molar-refractivity contribution in [3.05, 3.63) is 11.4 Å². The molecule has 0 bridgehead atoms. The Hall–Kier alpha value is -1.47. The summed E-state index contributed by atoms with van der Waals surface area (Å²) >= 11 is 0. The Morgan fingerprint density at radius 1 is 1.20 bits per heavy atom. The Morgan fingerprint density at radius 2 is 2.00 bits per heavy atom. The number of nitrogens with zero attached hydrogens (tertiary/aromatic N) is 5. The largest absolute Gasteiger partial charge is 0.338 e. The molecule has 0 aliphatic carbocycles. The number of hydrogen-bond donors (Lipinski definition) is 0. The Labute approximate surface area is 149 Å². The van der Waals surface area contributed by atoms with Crippen molar-refractivity contribution in [3.63, 3.8) is 0 Å². The lowest BCUT2D eigenvalue weighted by Gasteiger charge is -2.49. The van der Waals surface area contributed by atoms with Gasteiger partial charge in [-0.2, -0.15) is 0 Å². The number of carbonyl (C=O) groups is 1. The Bertz CT molecular complexity index is 623. The number of hydrogen-bond acceptors (Lipinski definition) is 6. The minimum absolute atomic E-state index is 0.322. The van der Waals surface area contributed by atoms with Crippen molar-refractivity contribution in [2.45, 2.75) is 51.6 Å². The molecule has 0 unspecified atom stereocenters. The van der Waals surface area contributed by atoms with Crippen molar-refractivity contribution in [1.29, 1.82) is 0 Å². The van der Waals surface area contributed by atoms with Crippen LogP contribution in [0.1, 0.15) is 43.5 Å². The van der Waals surface area contributed by atoms with Crippen LogP contribution in [0.2, 0.25) is 0 Å². The lowest BCUT2D eigenvalue weighted by molar-refractivity contribution is -0.142. The van der Waals surface area contributed by atoms with E-state index >= 15 is 0 Å². The molecular weight excluding hydrogens is 318 g/mol. The molecule has 1 aromatic heterocycles. The third-order valence-electron chi connectivity index (χ3n) is 6.54. The number of amides is 1. The second kappa shape index (κ2) is 6.68. The molecule has 3 aliphatic rings. The highest BCUT2D eigenvalue weighted by molar-refractivity contribution is 5.77. The minimum Gasteiger partial charge on any atom is -0.338 e. The summed E-state index contributed by atoms with van der Waals surface area (Å²) in [6, 6.07) is 0.427. The molecule has 138 valence electrons. The summed E-state index contributed by atoms with van der Waals surface area (Å²) in [5.41, 5.74) is 2.16. The van der Waals surface area contributed by atoms with E-state index < -0.39 is 0 Å². The van der Waals surface area contributed by atoms with Crippen LogP contribution in [-0.4, -0.2) is 76.7 Å². The predicted molar refractivity (Wildman–Crippen MR) is 92.8 cm³/mol. The number of piperidine rings is 2. The van der Waals surface area contributed by atoms with Crippen LogP contribution >= 0.6 is 0 Å². The van der Waals surface area contributed by atoms with Gasteiger partial charge < -0.3 is 9.80 Å². The third kappa shape index (κ3) is 3.44. The second-order valence-corrected chi connectivity index (χ2v) is 8.30. The van der Waals surface area contributed by atoms with Gasteiger partial charge in [0, 0.05) is 32.1 Å². The van der Waals surface area contributed by atoms with Crippen LogP contribution in [0.5, 0.6) is 0 Å². The molecule has 0 N–H and O–H groups in total. The Balaban J connectivity index is 1.37. The predicted octanol–water partition coefficient (Wildman–Crippen LogP) is 1.29. The number of carbonyl (C=O) groups excluding carboxylic acids is 1. The van der Waals surface area contributed by atoms with Gasteiger partial charge in [0.25, 0.3) is 0 Å². The van der Waals surface area contributed by atoms with Gasteiger partial charge in [0.05, 0.1) is 0 Å². The first-order valence-electron chi connectivity index (χ1n) is 9.53. The summed E-state index contributed by atoms with van der Waals surface area (Å²) in [4.78, 5) is 19.5. The van der Waals surface area contributed by atoms with Gasteiger partial charge in [0.1, 0.15) is 11.4 Å². The molecule has 25 heavy (non-hydrogen) atoms. The SMILES string of the molecule is Cc1nonc1CN1CCC2(CCC(=O)N([C@@H]3CCN(C)C3)C2)CC1. The first kappa shape index (κ1) is 17.0. The normalized spacial score (nSPS) is 28.2. The Kier molecular flexibility index (Phi) is 4.54. The molecule has 3 fully saturated rings. The molecule has 0 saturated carbocycles. The fourth-order valence-corrected chi connectivity index (χ4v) is 4.74. The molecule has 1 aromatic rings. The van der Waals surface area contributed by atoms with Crippen molar-refractivity contribution >= 4 is 5.91 Å². The van der Waals surface area contributed by atoms with Crippen molar-refractivity contribution in [2.75, 3.05) is 39.8 Å². The van der Waals surface area contributed by atoms with Crippen LogP contribution in [0.4, 0.5) is 0 Å². The van der Waals surface area contributed by atoms with Gasteiger partial charge >= 0.3 is 0 Å². The van der Waals surface area contributed by atoms with Gasteiger partial charge in [0.15, 0.2) is 0 Å². The summed E-state index contributed by atoms with van der Waals surface area (Å²) in [5.74, 6) is 0.373. The number of rotatable bonds is 3. The smallest absolute Gasteiger partial charge is 0.222 e. The molecular formula is C18H29N5O2. The fraction of sp³-hybridized carbons (Fsp3) is 0.833. The van der Waals surface area contributed by atoms with E-state index in [0.717, 1.165) is 69.9 Å². The van der Waals surface area contributed by atoms with E-state index in [-0.39, 0.29) is 0 Å². The molecule has 1 atom stereocenters. The fourth-order valence-electron chi connectivity index (χ4n) is 4.74. The molecule has 7 heteroatoms. The maximum Gasteiger partial charge on any atom is 0.222 e. The van der Waals surface area contributed by atoms with Crippen LogP contribution in [-0.2, 0) is 11.3 Å². The topological polar surface area (TPSA) is 65.7 Å². The summed E-state index contributed by atoms with van der Waals surface area (Å²) in [6.45, 7) is 8.01. The highest BCUT2D eigenvalue weighted by Gasteiger charge is 2.43. The van der Waals surface area contributed by atoms with E-state index in [0.29, 0.717) is 17.4 Å². The van der Waals surface area contributed by atoms with Crippen LogP contribution in [0.25, 0.3) is 0 Å². The molecule has 0 radical (unpaired) electrons. The van der Waals surface area contributed by atoms with E-state index in [2.05, 4.69) is 32.1 Å². The maximum atomic E-state index is 12.5. The zero-order valence-corrected chi connectivity index (χ0v) is 15.4. The lowest BCUT2D eigenvalue weighted by Crippen LogP contribution is -2.54. The van der Waals surface area contributed by atoms with Crippen molar-refractivity contribution in [2.24, 2.45) is 5.41 Å². The van der Waals surface area contributed by atoms with Crippen molar-refractivity contribution in [1.82, 2.24) is 25.0 Å². The van der Waals surface area contributed by atoms with Gasteiger partial charge in [0.2, 0.25) is 5.91 Å². The van der Waals surface area contributed by atoms with Crippen molar-refractivity contribution < 1.29 is 9.42 Å². The first-order valence-corrected chi connectivity index (χ1v) is 9.53. The van der Waals surface area contributed by atoms with Crippen molar-refractivity contribution in [3.8, 4) is 0 Å². The zero-order chi connectivity index (χ0) is 17.4. The molecule has 3 aliphatic heterocycles. The highest BCUT2D eigenvalue weighted by Crippen LogP contribution is 2.41. The summed E-state index contributed by atoms with van der Waals surface area (Å²) in [5, 5.41) is 7.88. The van der Waals surface area contributed by atoms with Crippen LogP contribution < -0.4 is 0 Å². The molecule has 7 nitrogen and oxygen atoms in total. The van der Waals surface area contributed by atoms with E-state index in [4.69, 9.17) is 4.63 Å². The van der Waals surface area contributed by atoms with Gasteiger partial charge in [-0.1, -0.05) is 10.3 Å². The average Bonchev–Trinajstić information content (AvgIpc) is 3.21. The summed E-state index contributed by atoms with van der Waals surface area (Å²) in [7, 11) is 2.16. The molecule has 4 heterocycles. The number of aryl methyl sites for hydroxylation is 1. The van der Waals surface area contributed by atoms with E-state index in [1.165, 1.54) is 12.8 Å². The lowest BCUT2D eigenvalue weighted by atomic mass is 9.72. The van der Waals surface area contributed by atoms with Crippen LogP contribution in [0, 0.1) is 12.3 Å². The summed E-state index contributed by atoms with van der Waals surface area (Å²) in [6.07, 6.45) is 5.26. The monoisotopic (exact) mass is 347 g/mol. The van der Waals surface area contributed by atoms with Crippen LogP contribution in [0.3, 0.4) is 0 Å². The van der Waals surface area contributed by atoms with Crippen LogP contribution in [0.15, 0.2) is 4.63 Å². The van der Waals surface area contributed by atoms with E-state index in [9.17, 15) is 4.79 Å². The quantitative estimate of drug-likeness (QED) is 0.821. The first-order chi connectivity index (χ1) is 12.0. The molecule has 1 amide bonds. The number of aromatic nitrogens is 2. The number of likely N-dealkylation sites (N-methyl/N-ethyl adjacent to an activating group) is 1. The third-order valence-corrected chi connectivity index (χ3v) is 6.54. The standard InChI is InChI=1S/C18H29N5O2/c1-14-16(20-25-19-14)12-22-9-6-18(7-10-22)5-3-17(24)23(13-18)15-4-8-21(2)11-15/h15H,3-13H2,1-2H3/t15-/m1/s1. The number of likely N-dealkylation sites (tertiary alicyclic amines) is 3. The van der Waals surface area contributed by atoms with E-state index in [1.807, 2.05) is 6.92 Å². The minimum atomic E-state index is 0.322. The second-order valence-electron chi connectivity index (χ2n) is 8.30. The molecule has 0 aromatic carbocycles. The summed E-state index contributed by atoms with van der Waals surface area (Å²) < 4.78 is 4.81. The maximum absolute atomic E-state index is 12.5. The average molecular weight is 347 g/mol. The molecule has 1 spiro atoms. The highest BCUT2D eigenvalue weighted by atomic mass is 16.6. The Morgan fingerprint density at radius 3 is 2.64 bits per heavy atom. The van der Waals surface area contributed by atoms with Gasteiger partial charge in [-0.05, 0) is 64.7 Å². The van der Waals surface area contributed by atoms with Gasteiger partial charge in [-0.3, -0.25) is 9.69 Å². The molecule has 4 rings (SSSR count). The van der Waals surface area contributed by atoms with Gasteiger partial charge in [-0.15, -0.1) is 0 Å². The zero-order valence-electron chi connectivity index (χ0n) is 15.4. The van der Waals surface area contributed by atoms with E-state index in [1.54, 1.807) is 0 Å².